The van der Waals surface area contributed by atoms with Gasteiger partial charge in [-0.15, -0.1) is 5.10 Å². The first-order chi connectivity index (χ1) is 10.6. The van der Waals surface area contributed by atoms with E-state index < -0.39 is 11.9 Å². The van der Waals surface area contributed by atoms with Crippen LogP contribution in [0.25, 0.3) is 12.2 Å². The van der Waals surface area contributed by atoms with Crippen LogP contribution < -0.4 is 11.1 Å². The highest BCUT2D eigenvalue weighted by molar-refractivity contribution is 7.99. The van der Waals surface area contributed by atoms with Crippen molar-refractivity contribution in [2.45, 2.75) is 11.6 Å². The predicted molar refractivity (Wildman–Crippen MR) is 84.8 cm³/mol. The number of nitrogens with one attached hydrogen (secondary N) is 2. The van der Waals surface area contributed by atoms with Crippen LogP contribution in [-0.2, 0) is 4.79 Å². The van der Waals surface area contributed by atoms with Crippen molar-refractivity contribution in [3.63, 3.8) is 0 Å². The van der Waals surface area contributed by atoms with Crippen LogP contribution in [0.5, 0.6) is 0 Å². The van der Waals surface area contributed by atoms with Gasteiger partial charge in [0.05, 0.1) is 0 Å². The van der Waals surface area contributed by atoms with E-state index in [0.717, 1.165) is 5.56 Å². The number of aromatic nitrogens is 3. The minimum Gasteiger partial charge on any atom is -0.351 e. The molecule has 22 heavy (non-hydrogen) atoms. The molecule has 2 rings (SSSR count). The van der Waals surface area contributed by atoms with Gasteiger partial charge in [-0.25, -0.2) is 9.78 Å². The molecule has 0 aliphatic rings. The number of thioether (sulfide) groups is 1. The second-order valence-corrected chi connectivity index (χ2v) is 5.32. The molecular formula is C14H15N5O2S. The molecule has 8 heteroatoms. The largest absolute Gasteiger partial charge is 0.351 e. The number of nitrogens with two attached hydrogens (primary N) is 1. The van der Waals surface area contributed by atoms with Crippen LogP contribution in [-0.4, -0.2) is 32.9 Å². The number of carbonyl (C=O) groups excluding carboxylic acids is 2. The molecule has 2 aromatic rings. The number of primary amides is 1. The normalized spacial score (nSPS) is 10.7. The number of hydrogen-bond donors (Lipinski definition) is 3. The average Bonchev–Trinajstić information content (AvgIpc) is 2.93. The third-order valence-electron chi connectivity index (χ3n) is 2.54. The van der Waals surface area contributed by atoms with Gasteiger partial charge in [0.1, 0.15) is 5.82 Å². The molecule has 0 unspecified atom stereocenters. The zero-order chi connectivity index (χ0) is 15.8. The Morgan fingerprint density at radius 3 is 2.77 bits per heavy atom. The quantitative estimate of drug-likeness (QED) is 0.701. The lowest BCUT2D eigenvalue weighted by molar-refractivity contribution is -0.119. The maximum Gasteiger partial charge on any atom is 0.318 e. The molecule has 0 aliphatic carbocycles. The van der Waals surface area contributed by atoms with Crippen molar-refractivity contribution >= 4 is 35.9 Å². The van der Waals surface area contributed by atoms with E-state index in [4.69, 9.17) is 5.73 Å². The molecule has 0 fully saturated rings. The summed E-state index contributed by atoms with van der Waals surface area (Å²) in [5.74, 6) is 0.673. The van der Waals surface area contributed by atoms with Gasteiger partial charge in [0.15, 0.2) is 0 Å². The van der Waals surface area contributed by atoms with Crippen LogP contribution in [0.4, 0.5) is 4.79 Å². The Kier molecular flexibility index (Phi) is 5.73. The minimum atomic E-state index is -0.846. The number of carbonyl (C=O) groups is 2. The smallest absolute Gasteiger partial charge is 0.318 e. The molecule has 1 aromatic heterocycles. The molecule has 1 aromatic carbocycles. The van der Waals surface area contributed by atoms with Gasteiger partial charge in [-0.05, 0) is 11.6 Å². The van der Waals surface area contributed by atoms with Crippen molar-refractivity contribution in [2.24, 2.45) is 5.73 Å². The maximum absolute atomic E-state index is 11.2. The topological polar surface area (TPSA) is 114 Å². The lowest BCUT2D eigenvalue weighted by atomic mass is 10.2. The van der Waals surface area contributed by atoms with Gasteiger partial charge in [0.25, 0.3) is 0 Å². The van der Waals surface area contributed by atoms with Gasteiger partial charge in [-0.2, -0.15) is 0 Å². The third kappa shape index (κ3) is 5.41. The molecule has 3 amide bonds. The lowest BCUT2D eigenvalue weighted by Crippen LogP contribution is -2.35. The van der Waals surface area contributed by atoms with E-state index in [2.05, 4.69) is 15.2 Å². The first kappa shape index (κ1) is 15.8. The van der Waals surface area contributed by atoms with Crippen molar-refractivity contribution in [1.82, 2.24) is 20.5 Å². The van der Waals surface area contributed by atoms with Gasteiger partial charge in [-0.3, -0.25) is 15.2 Å². The lowest BCUT2D eigenvalue weighted by Gasteiger charge is -1.98. The van der Waals surface area contributed by atoms with Crippen LogP contribution in [0.2, 0.25) is 0 Å². The SMILES string of the molecule is NC(=O)NC(=O)CCSc1n[nH]c(/C=C/c2ccccc2)n1. The predicted octanol–water partition coefficient (Wildman–Crippen LogP) is 1.65. The van der Waals surface area contributed by atoms with Gasteiger partial charge < -0.3 is 5.73 Å². The Bertz CT molecular complexity index is 669. The fourth-order valence-electron chi connectivity index (χ4n) is 1.57. The van der Waals surface area contributed by atoms with E-state index in [1.807, 2.05) is 47.8 Å². The van der Waals surface area contributed by atoms with E-state index >= 15 is 0 Å². The number of H-pyrrole nitrogens is 1. The molecule has 0 spiro atoms. The summed E-state index contributed by atoms with van der Waals surface area (Å²) in [5.41, 5.74) is 5.91. The van der Waals surface area contributed by atoms with Crippen molar-refractivity contribution in [1.29, 1.82) is 0 Å². The van der Waals surface area contributed by atoms with Gasteiger partial charge in [0, 0.05) is 12.2 Å². The van der Waals surface area contributed by atoms with E-state index in [1.54, 1.807) is 0 Å². The monoisotopic (exact) mass is 317 g/mol. The Labute approximate surface area is 131 Å². The molecule has 1 heterocycles. The molecule has 0 atom stereocenters. The van der Waals surface area contributed by atoms with Crippen LogP contribution in [0, 0.1) is 0 Å². The Morgan fingerprint density at radius 1 is 1.27 bits per heavy atom. The second kappa shape index (κ2) is 7.99. The zero-order valence-electron chi connectivity index (χ0n) is 11.7. The summed E-state index contributed by atoms with van der Waals surface area (Å²) < 4.78 is 0. The van der Waals surface area contributed by atoms with E-state index in [1.165, 1.54) is 11.8 Å². The van der Waals surface area contributed by atoms with Crippen molar-refractivity contribution in [3.05, 3.63) is 41.7 Å². The number of imide groups is 1. The Balaban J connectivity index is 1.80. The summed E-state index contributed by atoms with van der Waals surface area (Å²) >= 11 is 1.32. The summed E-state index contributed by atoms with van der Waals surface area (Å²) in [6.45, 7) is 0. The number of amides is 3. The summed E-state index contributed by atoms with van der Waals surface area (Å²) in [6.07, 6.45) is 3.92. The maximum atomic E-state index is 11.2. The first-order valence-corrected chi connectivity index (χ1v) is 7.49. The van der Waals surface area contributed by atoms with Gasteiger partial charge in [0.2, 0.25) is 11.1 Å². The summed E-state index contributed by atoms with van der Waals surface area (Å²) in [5, 5.41) is 9.38. The number of nitrogens with zero attached hydrogens (tertiary/aromatic N) is 2. The van der Waals surface area contributed by atoms with Crippen molar-refractivity contribution < 1.29 is 9.59 Å². The summed E-state index contributed by atoms with van der Waals surface area (Å²) in [4.78, 5) is 26.0. The molecule has 0 saturated heterocycles. The Morgan fingerprint density at radius 2 is 2.05 bits per heavy atom. The molecular weight excluding hydrogens is 302 g/mol. The van der Waals surface area contributed by atoms with Gasteiger partial charge in [-0.1, -0.05) is 48.2 Å². The fourth-order valence-corrected chi connectivity index (χ4v) is 2.31. The van der Waals surface area contributed by atoms with E-state index in [0.29, 0.717) is 16.7 Å². The zero-order valence-corrected chi connectivity index (χ0v) is 12.5. The standard InChI is InChI=1S/C14H15N5O2S/c15-13(21)17-12(20)8-9-22-14-16-11(18-19-14)7-6-10-4-2-1-3-5-10/h1-7H,8-9H2,(H,16,18,19)(H3,15,17,20,21)/b7-6+. The molecule has 4 N–H and O–H groups in total. The highest BCUT2D eigenvalue weighted by Gasteiger charge is 2.06. The highest BCUT2D eigenvalue weighted by atomic mass is 32.2. The average molecular weight is 317 g/mol. The summed E-state index contributed by atoms with van der Waals surface area (Å²) in [6, 6.07) is 8.99. The molecule has 0 bridgehead atoms. The summed E-state index contributed by atoms with van der Waals surface area (Å²) in [7, 11) is 0. The number of urea groups is 1. The van der Waals surface area contributed by atoms with Crippen LogP contribution >= 0.6 is 11.8 Å². The molecule has 0 radical (unpaired) electrons. The van der Waals surface area contributed by atoms with E-state index in [-0.39, 0.29) is 6.42 Å². The number of rotatable bonds is 6. The van der Waals surface area contributed by atoms with Crippen LogP contribution in [0.3, 0.4) is 0 Å². The number of aromatic amines is 1. The van der Waals surface area contributed by atoms with E-state index in [9.17, 15) is 9.59 Å². The van der Waals surface area contributed by atoms with Crippen molar-refractivity contribution in [2.75, 3.05) is 5.75 Å². The Hall–Kier alpha value is -2.61. The molecule has 0 saturated carbocycles. The van der Waals surface area contributed by atoms with Crippen LogP contribution in [0.1, 0.15) is 17.8 Å². The molecule has 114 valence electrons. The highest BCUT2D eigenvalue weighted by Crippen LogP contribution is 2.14. The van der Waals surface area contributed by atoms with Gasteiger partial charge >= 0.3 is 6.03 Å². The second-order valence-electron chi connectivity index (χ2n) is 4.26. The van der Waals surface area contributed by atoms with Crippen LogP contribution in [0.15, 0.2) is 35.5 Å². The first-order valence-electron chi connectivity index (χ1n) is 6.51. The number of hydrogen-bond acceptors (Lipinski definition) is 5. The van der Waals surface area contributed by atoms with Crippen molar-refractivity contribution in [3.8, 4) is 0 Å². The number of benzene rings is 1. The molecule has 0 aliphatic heterocycles. The third-order valence-corrected chi connectivity index (χ3v) is 3.39. The fraction of sp³-hybridized carbons (Fsp3) is 0.143. The minimum absolute atomic E-state index is 0.164. The molecule has 7 nitrogen and oxygen atoms in total.